The normalized spacial score (nSPS) is 12.7. The average Bonchev–Trinajstić information content (AvgIpc) is 1.94. The first-order valence-electron chi connectivity index (χ1n) is 4.76. The third-order valence-corrected chi connectivity index (χ3v) is 2.60. The molecule has 1 aromatic carbocycles. The third kappa shape index (κ3) is 3.96. The predicted octanol–water partition coefficient (Wildman–Crippen LogP) is 5.19. The summed E-state index contributed by atoms with van der Waals surface area (Å²) in [6.07, 6.45) is -4.75. The highest BCUT2D eigenvalue weighted by atomic mass is 35.5. The van der Waals surface area contributed by atoms with Gasteiger partial charge in [0.05, 0.1) is 0 Å². The Balaban J connectivity index is 3.19. The van der Waals surface area contributed by atoms with Gasteiger partial charge in [-0.1, -0.05) is 44.0 Å². The summed E-state index contributed by atoms with van der Waals surface area (Å²) in [5.74, 6) is -0.416. The summed E-state index contributed by atoms with van der Waals surface area (Å²) in [5.41, 5.74) is 0.237. The van der Waals surface area contributed by atoms with E-state index in [1.807, 2.05) is 20.8 Å². The van der Waals surface area contributed by atoms with Crippen LogP contribution in [0.3, 0.4) is 0 Å². The molecule has 96 valence electrons. The van der Waals surface area contributed by atoms with Crippen LogP contribution in [-0.2, 0) is 5.41 Å². The van der Waals surface area contributed by atoms with E-state index in [0.717, 1.165) is 12.1 Å². The smallest absolute Gasteiger partial charge is 0.406 e. The Kier molecular flexibility index (Phi) is 3.89. The molecule has 0 atom stereocenters. The van der Waals surface area contributed by atoms with Gasteiger partial charge < -0.3 is 4.74 Å². The number of rotatable bonds is 1. The van der Waals surface area contributed by atoms with Crippen LogP contribution < -0.4 is 4.74 Å². The quantitative estimate of drug-likeness (QED) is 0.690. The first-order valence-corrected chi connectivity index (χ1v) is 5.51. The molecule has 0 saturated carbocycles. The zero-order chi connectivity index (χ0) is 13.4. The standard InChI is InChI=1S/C11H11Cl2F3O/c1-10(2,3)9-7(12)4-6(5-8(9)13)17-11(14,15)16/h4-5H,1-3H3. The van der Waals surface area contributed by atoms with Crippen LogP contribution in [0.2, 0.25) is 10.0 Å². The van der Waals surface area contributed by atoms with Crippen LogP contribution in [0.5, 0.6) is 5.75 Å². The molecule has 0 amide bonds. The Morgan fingerprint density at radius 1 is 1.00 bits per heavy atom. The minimum absolute atomic E-state index is 0.157. The van der Waals surface area contributed by atoms with Gasteiger partial charge in [-0.25, -0.2) is 0 Å². The highest BCUT2D eigenvalue weighted by Gasteiger charge is 2.32. The summed E-state index contributed by atoms with van der Waals surface area (Å²) in [7, 11) is 0. The number of hydrogen-bond acceptors (Lipinski definition) is 1. The Morgan fingerprint density at radius 2 is 1.41 bits per heavy atom. The molecular formula is C11H11Cl2F3O. The van der Waals surface area contributed by atoms with Crippen LogP contribution in [-0.4, -0.2) is 6.36 Å². The van der Waals surface area contributed by atoms with Gasteiger partial charge in [0, 0.05) is 10.0 Å². The van der Waals surface area contributed by atoms with Crippen molar-refractivity contribution in [3.8, 4) is 5.75 Å². The van der Waals surface area contributed by atoms with E-state index in [2.05, 4.69) is 4.74 Å². The van der Waals surface area contributed by atoms with Crippen LogP contribution in [0.15, 0.2) is 12.1 Å². The summed E-state index contributed by atoms with van der Waals surface area (Å²) < 4.78 is 39.9. The average molecular weight is 287 g/mol. The van der Waals surface area contributed by atoms with Crippen molar-refractivity contribution in [1.29, 1.82) is 0 Å². The molecule has 1 nitrogen and oxygen atoms in total. The lowest BCUT2D eigenvalue weighted by molar-refractivity contribution is -0.274. The highest BCUT2D eigenvalue weighted by molar-refractivity contribution is 6.36. The number of ether oxygens (including phenoxy) is 1. The zero-order valence-corrected chi connectivity index (χ0v) is 11.0. The van der Waals surface area contributed by atoms with Crippen LogP contribution >= 0.6 is 23.2 Å². The molecule has 0 saturated heterocycles. The molecule has 0 aliphatic rings. The fraction of sp³-hybridized carbons (Fsp3) is 0.455. The van der Waals surface area contributed by atoms with Gasteiger partial charge in [-0.15, -0.1) is 13.2 Å². The van der Waals surface area contributed by atoms with E-state index in [1.54, 1.807) is 0 Å². The molecule has 0 aliphatic carbocycles. The van der Waals surface area contributed by atoms with Crippen molar-refractivity contribution in [2.75, 3.05) is 0 Å². The van der Waals surface area contributed by atoms with Crippen molar-refractivity contribution in [2.45, 2.75) is 32.5 Å². The molecule has 0 aliphatic heterocycles. The minimum atomic E-state index is -4.75. The third-order valence-electron chi connectivity index (χ3n) is 2.00. The summed E-state index contributed by atoms with van der Waals surface area (Å²) in [6.45, 7) is 5.60. The van der Waals surface area contributed by atoms with E-state index < -0.39 is 12.1 Å². The number of alkyl halides is 3. The molecular weight excluding hydrogens is 276 g/mol. The van der Waals surface area contributed by atoms with E-state index in [4.69, 9.17) is 23.2 Å². The Hall–Kier alpha value is -0.610. The van der Waals surface area contributed by atoms with Crippen LogP contribution in [0.4, 0.5) is 13.2 Å². The second-order valence-electron chi connectivity index (χ2n) is 4.56. The molecule has 0 spiro atoms. The number of halogens is 5. The Morgan fingerprint density at radius 3 is 1.71 bits per heavy atom. The van der Waals surface area contributed by atoms with Crippen LogP contribution in [0, 0.1) is 0 Å². The Bertz CT molecular complexity index is 399. The van der Waals surface area contributed by atoms with Crippen molar-refractivity contribution in [3.05, 3.63) is 27.7 Å². The second kappa shape index (κ2) is 4.58. The van der Waals surface area contributed by atoms with Crippen molar-refractivity contribution < 1.29 is 17.9 Å². The maximum atomic E-state index is 12.0. The van der Waals surface area contributed by atoms with Gasteiger partial charge in [-0.05, 0) is 23.1 Å². The molecule has 1 rings (SSSR count). The molecule has 0 radical (unpaired) electrons. The predicted molar refractivity (Wildman–Crippen MR) is 61.8 cm³/mol. The van der Waals surface area contributed by atoms with Crippen LogP contribution in [0.25, 0.3) is 0 Å². The fourth-order valence-electron chi connectivity index (χ4n) is 1.46. The molecule has 0 N–H and O–H groups in total. The van der Waals surface area contributed by atoms with E-state index >= 15 is 0 Å². The first kappa shape index (κ1) is 14.5. The maximum Gasteiger partial charge on any atom is 0.573 e. The first-order chi connectivity index (χ1) is 7.50. The summed E-state index contributed by atoms with van der Waals surface area (Å²) >= 11 is 11.8. The van der Waals surface area contributed by atoms with Gasteiger partial charge >= 0.3 is 6.36 Å². The monoisotopic (exact) mass is 286 g/mol. The van der Waals surface area contributed by atoms with E-state index in [9.17, 15) is 13.2 Å². The number of hydrogen-bond donors (Lipinski definition) is 0. The Labute approximate surface area is 107 Å². The van der Waals surface area contributed by atoms with E-state index in [1.165, 1.54) is 0 Å². The molecule has 0 unspecified atom stereocenters. The zero-order valence-electron chi connectivity index (χ0n) is 9.45. The molecule has 6 heteroatoms. The van der Waals surface area contributed by atoms with Gasteiger partial charge in [0.1, 0.15) is 5.75 Å². The van der Waals surface area contributed by atoms with Gasteiger partial charge in [-0.2, -0.15) is 0 Å². The van der Waals surface area contributed by atoms with Gasteiger partial charge in [0.15, 0.2) is 0 Å². The lowest BCUT2D eigenvalue weighted by atomic mass is 9.87. The number of benzene rings is 1. The molecule has 1 aromatic rings. The van der Waals surface area contributed by atoms with Crippen molar-refractivity contribution in [1.82, 2.24) is 0 Å². The van der Waals surface area contributed by atoms with Crippen LogP contribution in [0.1, 0.15) is 26.3 Å². The molecule has 0 bridgehead atoms. The fourth-order valence-corrected chi connectivity index (χ4v) is 2.49. The van der Waals surface area contributed by atoms with Gasteiger partial charge in [0.2, 0.25) is 0 Å². The van der Waals surface area contributed by atoms with E-state index in [0.29, 0.717) is 5.56 Å². The maximum absolute atomic E-state index is 12.0. The van der Waals surface area contributed by atoms with Gasteiger partial charge in [0.25, 0.3) is 0 Å². The van der Waals surface area contributed by atoms with Crippen molar-refractivity contribution >= 4 is 23.2 Å². The lowest BCUT2D eigenvalue weighted by Crippen LogP contribution is -2.18. The summed E-state index contributed by atoms with van der Waals surface area (Å²) in [6, 6.07) is 2.23. The lowest BCUT2D eigenvalue weighted by Gasteiger charge is -2.23. The second-order valence-corrected chi connectivity index (χ2v) is 5.37. The molecule has 0 heterocycles. The molecule has 0 aromatic heterocycles. The largest absolute Gasteiger partial charge is 0.573 e. The van der Waals surface area contributed by atoms with Gasteiger partial charge in [-0.3, -0.25) is 0 Å². The summed E-state index contributed by atoms with van der Waals surface area (Å²) in [5, 5.41) is 0.313. The molecule has 17 heavy (non-hydrogen) atoms. The highest BCUT2D eigenvalue weighted by Crippen LogP contribution is 2.39. The van der Waals surface area contributed by atoms with E-state index in [-0.39, 0.29) is 15.5 Å². The molecule has 0 fully saturated rings. The SMILES string of the molecule is CC(C)(C)c1c(Cl)cc(OC(F)(F)F)cc1Cl. The van der Waals surface area contributed by atoms with Crippen molar-refractivity contribution in [2.24, 2.45) is 0 Å². The summed E-state index contributed by atoms with van der Waals surface area (Å²) in [4.78, 5) is 0. The topological polar surface area (TPSA) is 9.23 Å². The minimum Gasteiger partial charge on any atom is -0.406 e. The van der Waals surface area contributed by atoms with Crippen molar-refractivity contribution in [3.63, 3.8) is 0 Å².